The molecule has 106 valence electrons. The van der Waals surface area contributed by atoms with Crippen molar-refractivity contribution in [3.8, 4) is 0 Å². The Morgan fingerprint density at radius 2 is 1.85 bits per heavy atom. The first-order valence-electron chi connectivity index (χ1n) is 6.41. The van der Waals surface area contributed by atoms with E-state index in [0.717, 1.165) is 10.5 Å². The van der Waals surface area contributed by atoms with Gasteiger partial charge in [0.1, 0.15) is 6.04 Å². The number of aryl methyl sites for hydroxylation is 1. The Bertz CT molecular complexity index is 553. The lowest BCUT2D eigenvalue weighted by Crippen LogP contribution is -2.35. The average Bonchev–Trinajstić information content (AvgIpc) is 2.60. The predicted octanol–water partition coefficient (Wildman–Crippen LogP) is 1.03. The second-order valence-electron chi connectivity index (χ2n) is 4.87. The van der Waals surface area contributed by atoms with Crippen LogP contribution in [-0.4, -0.2) is 35.3 Å². The summed E-state index contributed by atoms with van der Waals surface area (Å²) >= 11 is 0. The van der Waals surface area contributed by atoms with Crippen LogP contribution in [0.3, 0.4) is 0 Å². The van der Waals surface area contributed by atoms with Crippen molar-refractivity contribution in [1.82, 2.24) is 4.90 Å². The van der Waals surface area contributed by atoms with Crippen LogP contribution in [0.1, 0.15) is 18.9 Å². The Labute approximate surface area is 117 Å². The highest BCUT2D eigenvalue weighted by molar-refractivity contribution is 6.14. The normalized spacial score (nSPS) is 18.8. The van der Waals surface area contributed by atoms with Crippen molar-refractivity contribution in [2.45, 2.75) is 26.3 Å². The summed E-state index contributed by atoms with van der Waals surface area (Å²) in [7, 11) is 0. The molecular weight excluding hydrogens is 258 g/mol. The largest absolute Gasteiger partial charge is 0.370 e. The molecule has 4 amide bonds. The quantitative estimate of drug-likeness (QED) is 0.833. The summed E-state index contributed by atoms with van der Waals surface area (Å²) in [6, 6.07) is 6.38. The zero-order valence-electron chi connectivity index (χ0n) is 11.5. The third kappa shape index (κ3) is 2.49. The number of nitrogens with zero attached hydrogens (tertiary/aromatic N) is 2. The zero-order chi connectivity index (χ0) is 14.9. The topological polar surface area (TPSA) is 83.7 Å². The van der Waals surface area contributed by atoms with Crippen molar-refractivity contribution >= 4 is 23.5 Å². The van der Waals surface area contributed by atoms with Crippen LogP contribution in [0.5, 0.6) is 0 Å². The molecule has 20 heavy (non-hydrogen) atoms. The molecule has 0 aliphatic carbocycles. The van der Waals surface area contributed by atoms with Crippen LogP contribution < -0.4 is 10.6 Å². The number of amides is 4. The van der Waals surface area contributed by atoms with E-state index >= 15 is 0 Å². The molecule has 1 aromatic rings. The van der Waals surface area contributed by atoms with Gasteiger partial charge in [0.2, 0.25) is 5.91 Å². The predicted molar refractivity (Wildman–Crippen MR) is 74.0 cm³/mol. The molecule has 2 rings (SSSR count). The van der Waals surface area contributed by atoms with Gasteiger partial charge < -0.3 is 5.73 Å². The van der Waals surface area contributed by atoms with Crippen LogP contribution in [0, 0.1) is 6.92 Å². The number of carbonyl (C=O) groups excluding carboxylic acids is 3. The van der Waals surface area contributed by atoms with Gasteiger partial charge in [0.05, 0.1) is 0 Å². The number of hydrogen-bond donors (Lipinski definition) is 1. The van der Waals surface area contributed by atoms with E-state index in [1.54, 1.807) is 19.1 Å². The SMILES string of the molecule is Cc1ccc(N2C(=O)N(CCC(N)=O)C(=O)[C@H]2C)cc1. The molecule has 1 atom stereocenters. The third-order valence-electron chi connectivity index (χ3n) is 3.34. The standard InChI is InChI=1S/C14H17N3O3/c1-9-3-5-11(6-4-9)17-10(2)13(19)16(14(17)20)8-7-12(15)18/h3-6,10H,7-8H2,1-2H3,(H2,15,18)/t10-/m1/s1. The number of carbonyl (C=O) groups is 3. The van der Waals surface area contributed by atoms with Crippen LogP contribution in [0.4, 0.5) is 10.5 Å². The number of anilines is 1. The summed E-state index contributed by atoms with van der Waals surface area (Å²) in [5.41, 5.74) is 6.80. The summed E-state index contributed by atoms with van der Waals surface area (Å²) in [4.78, 5) is 37.7. The summed E-state index contributed by atoms with van der Waals surface area (Å²) in [6.07, 6.45) is -0.0219. The summed E-state index contributed by atoms with van der Waals surface area (Å²) in [6.45, 7) is 3.65. The lowest BCUT2D eigenvalue weighted by molar-refractivity contribution is -0.127. The molecule has 6 nitrogen and oxygen atoms in total. The van der Waals surface area contributed by atoms with E-state index in [9.17, 15) is 14.4 Å². The second-order valence-corrected chi connectivity index (χ2v) is 4.87. The van der Waals surface area contributed by atoms with Gasteiger partial charge in [0.15, 0.2) is 0 Å². The first-order chi connectivity index (χ1) is 9.41. The molecule has 0 radical (unpaired) electrons. The first kappa shape index (κ1) is 14.0. The van der Waals surface area contributed by atoms with Gasteiger partial charge in [0, 0.05) is 18.7 Å². The van der Waals surface area contributed by atoms with Gasteiger partial charge in [-0.05, 0) is 26.0 Å². The van der Waals surface area contributed by atoms with E-state index in [4.69, 9.17) is 5.73 Å². The van der Waals surface area contributed by atoms with Crippen molar-refractivity contribution in [2.75, 3.05) is 11.4 Å². The number of nitrogens with two attached hydrogens (primary N) is 1. The van der Waals surface area contributed by atoms with Gasteiger partial charge in [-0.15, -0.1) is 0 Å². The van der Waals surface area contributed by atoms with Gasteiger partial charge in [0.25, 0.3) is 5.91 Å². The molecule has 1 saturated heterocycles. The minimum Gasteiger partial charge on any atom is -0.370 e. The Hall–Kier alpha value is -2.37. The van der Waals surface area contributed by atoms with E-state index in [0.29, 0.717) is 5.69 Å². The van der Waals surface area contributed by atoms with Crippen molar-refractivity contribution in [3.63, 3.8) is 0 Å². The molecule has 1 heterocycles. The van der Waals surface area contributed by atoms with Crippen molar-refractivity contribution in [2.24, 2.45) is 5.73 Å². The fourth-order valence-electron chi connectivity index (χ4n) is 2.19. The molecule has 6 heteroatoms. The van der Waals surface area contributed by atoms with Gasteiger partial charge in [-0.1, -0.05) is 17.7 Å². The van der Waals surface area contributed by atoms with Crippen LogP contribution in [0.2, 0.25) is 0 Å². The zero-order valence-corrected chi connectivity index (χ0v) is 11.5. The Kier molecular flexibility index (Phi) is 3.74. The Morgan fingerprint density at radius 1 is 1.25 bits per heavy atom. The summed E-state index contributed by atoms with van der Waals surface area (Å²) in [5, 5.41) is 0. The average molecular weight is 275 g/mol. The number of primary amides is 1. The van der Waals surface area contributed by atoms with Crippen LogP contribution >= 0.6 is 0 Å². The van der Waals surface area contributed by atoms with E-state index in [1.807, 2.05) is 19.1 Å². The fourth-order valence-corrected chi connectivity index (χ4v) is 2.19. The lowest BCUT2D eigenvalue weighted by Gasteiger charge is -2.19. The maximum atomic E-state index is 12.3. The van der Waals surface area contributed by atoms with Crippen molar-refractivity contribution in [1.29, 1.82) is 0 Å². The van der Waals surface area contributed by atoms with E-state index < -0.39 is 18.0 Å². The van der Waals surface area contributed by atoms with Crippen LogP contribution in [-0.2, 0) is 9.59 Å². The molecule has 2 N–H and O–H groups in total. The molecule has 0 spiro atoms. The number of imide groups is 1. The molecular formula is C14H17N3O3. The minimum atomic E-state index is -0.571. The Balaban J connectivity index is 2.23. The summed E-state index contributed by atoms with van der Waals surface area (Å²) < 4.78 is 0. The van der Waals surface area contributed by atoms with E-state index in [-0.39, 0.29) is 18.9 Å². The molecule has 1 aliphatic rings. The summed E-state index contributed by atoms with van der Waals surface area (Å²) in [5.74, 6) is -0.844. The molecule has 1 aliphatic heterocycles. The number of benzene rings is 1. The monoisotopic (exact) mass is 275 g/mol. The fraction of sp³-hybridized carbons (Fsp3) is 0.357. The molecule has 0 saturated carbocycles. The highest BCUT2D eigenvalue weighted by Crippen LogP contribution is 2.26. The van der Waals surface area contributed by atoms with Crippen molar-refractivity contribution < 1.29 is 14.4 Å². The number of urea groups is 1. The van der Waals surface area contributed by atoms with E-state index in [1.165, 1.54) is 4.90 Å². The first-order valence-corrected chi connectivity index (χ1v) is 6.41. The highest BCUT2D eigenvalue weighted by Gasteiger charge is 2.42. The molecule has 0 unspecified atom stereocenters. The van der Waals surface area contributed by atoms with Crippen LogP contribution in [0.15, 0.2) is 24.3 Å². The van der Waals surface area contributed by atoms with Gasteiger partial charge in [-0.25, -0.2) is 4.79 Å². The molecule has 0 aromatic heterocycles. The van der Waals surface area contributed by atoms with E-state index in [2.05, 4.69) is 0 Å². The smallest absolute Gasteiger partial charge is 0.331 e. The second kappa shape index (κ2) is 5.32. The maximum absolute atomic E-state index is 12.3. The van der Waals surface area contributed by atoms with Gasteiger partial charge in [-0.3, -0.25) is 19.4 Å². The van der Waals surface area contributed by atoms with Gasteiger partial charge >= 0.3 is 6.03 Å². The molecule has 1 aromatic carbocycles. The molecule has 0 bridgehead atoms. The Morgan fingerprint density at radius 3 is 2.40 bits per heavy atom. The van der Waals surface area contributed by atoms with Crippen LogP contribution in [0.25, 0.3) is 0 Å². The molecule has 1 fully saturated rings. The van der Waals surface area contributed by atoms with Gasteiger partial charge in [-0.2, -0.15) is 0 Å². The van der Waals surface area contributed by atoms with Crippen molar-refractivity contribution in [3.05, 3.63) is 29.8 Å². The highest BCUT2D eigenvalue weighted by atomic mass is 16.2. The minimum absolute atomic E-state index is 0.0219. The third-order valence-corrected chi connectivity index (χ3v) is 3.34. The number of rotatable bonds is 4. The lowest BCUT2D eigenvalue weighted by atomic mass is 10.2. The number of hydrogen-bond acceptors (Lipinski definition) is 3. The maximum Gasteiger partial charge on any atom is 0.331 e.